The summed E-state index contributed by atoms with van der Waals surface area (Å²) in [4.78, 5) is 11.5. The van der Waals surface area contributed by atoms with Gasteiger partial charge in [-0.1, -0.05) is 30.3 Å². The maximum absolute atomic E-state index is 12.9. The summed E-state index contributed by atoms with van der Waals surface area (Å²) in [6.45, 7) is 2.05. The van der Waals surface area contributed by atoms with Crippen LogP contribution in [-0.2, 0) is 4.74 Å². The largest absolute Gasteiger partial charge is 0.450 e. The summed E-state index contributed by atoms with van der Waals surface area (Å²) < 4.78 is 17.8. The molecule has 2 aromatic carbocycles. The van der Waals surface area contributed by atoms with Crippen molar-refractivity contribution in [2.45, 2.75) is 6.92 Å². The molecule has 0 atom stereocenters. The third-order valence-electron chi connectivity index (χ3n) is 2.59. The zero-order valence-electron chi connectivity index (χ0n) is 10.5. The van der Waals surface area contributed by atoms with E-state index in [-0.39, 0.29) is 5.82 Å². The van der Waals surface area contributed by atoms with Crippen LogP contribution in [-0.4, -0.2) is 12.7 Å². The van der Waals surface area contributed by atoms with E-state index in [1.165, 1.54) is 12.1 Å². The van der Waals surface area contributed by atoms with Crippen molar-refractivity contribution < 1.29 is 13.9 Å². The molecule has 0 spiro atoms. The lowest BCUT2D eigenvalue weighted by molar-refractivity contribution is 0.168. The van der Waals surface area contributed by atoms with Crippen LogP contribution < -0.4 is 5.32 Å². The van der Waals surface area contributed by atoms with Gasteiger partial charge in [0.2, 0.25) is 0 Å². The van der Waals surface area contributed by atoms with E-state index in [9.17, 15) is 9.18 Å². The number of carbonyl (C=O) groups excluding carboxylic acids is 1. The van der Waals surface area contributed by atoms with E-state index in [1.54, 1.807) is 25.1 Å². The van der Waals surface area contributed by atoms with Crippen LogP contribution in [0.3, 0.4) is 0 Å². The van der Waals surface area contributed by atoms with Gasteiger partial charge in [-0.05, 0) is 30.7 Å². The number of hydrogen-bond acceptors (Lipinski definition) is 2. The van der Waals surface area contributed by atoms with E-state index in [0.717, 1.165) is 11.1 Å². The zero-order chi connectivity index (χ0) is 13.7. The van der Waals surface area contributed by atoms with Crippen LogP contribution >= 0.6 is 0 Å². The highest BCUT2D eigenvalue weighted by atomic mass is 19.1. The smallest absolute Gasteiger partial charge is 0.411 e. The first kappa shape index (κ1) is 13.1. The first-order valence-corrected chi connectivity index (χ1v) is 5.99. The van der Waals surface area contributed by atoms with E-state index >= 15 is 0 Å². The number of anilines is 1. The summed E-state index contributed by atoms with van der Waals surface area (Å²) in [5.41, 5.74) is 2.27. The molecular weight excluding hydrogens is 245 g/mol. The molecule has 0 radical (unpaired) electrons. The van der Waals surface area contributed by atoms with Crippen molar-refractivity contribution in [3.05, 3.63) is 54.3 Å². The number of nitrogens with one attached hydrogen (secondary N) is 1. The summed E-state index contributed by atoms with van der Waals surface area (Å²) in [6, 6.07) is 13.4. The standard InChI is InChI=1S/C15H14FNO2/c1-2-19-15(18)17-14-6-4-3-5-13(14)11-7-9-12(16)10-8-11/h3-10H,2H2,1H3,(H,17,18). The third-order valence-corrected chi connectivity index (χ3v) is 2.59. The number of halogens is 1. The molecule has 0 fully saturated rings. The number of para-hydroxylation sites is 1. The highest BCUT2D eigenvalue weighted by Crippen LogP contribution is 2.27. The van der Waals surface area contributed by atoms with E-state index in [0.29, 0.717) is 12.3 Å². The zero-order valence-corrected chi connectivity index (χ0v) is 10.5. The Labute approximate surface area is 111 Å². The summed E-state index contributed by atoms with van der Waals surface area (Å²) in [6.07, 6.45) is -0.503. The van der Waals surface area contributed by atoms with Gasteiger partial charge in [0.1, 0.15) is 5.82 Å². The summed E-state index contributed by atoms with van der Waals surface area (Å²) >= 11 is 0. The number of amides is 1. The normalized spacial score (nSPS) is 10.0. The molecule has 0 aliphatic rings. The van der Waals surface area contributed by atoms with Crippen LogP contribution in [0, 0.1) is 5.82 Å². The van der Waals surface area contributed by atoms with Crippen LogP contribution in [0.25, 0.3) is 11.1 Å². The molecule has 3 nitrogen and oxygen atoms in total. The first-order valence-electron chi connectivity index (χ1n) is 5.99. The predicted molar refractivity (Wildman–Crippen MR) is 72.5 cm³/mol. The summed E-state index contributed by atoms with van der Waals surface area (Å²) in [5, 5.41) is 2.67. The molecule has 98 valence electrons. The highest BCUT2D eigenvalue weighted by Gasteiger charge is 2.08. The Hall–Kier alpha value is -2.36. The monoisotopic (exact) mass is 259 g/mol. The maximum atomic E-state index is 12.9. The van der Waals surface area contributed by atoms with Crippen LogP contribution in [0.2, 0.25) is 0 Å². The van der Waals surface area contributed by atoms with Gasteiger partial charge >= 0.3 is 6.09 Å². The van der Waals surface area contributed by atoms with Gasteiger partial charge in [-0.15, -0.1) is 0 Å². The van der Waals surface area contributed by atoms with Crippen molar-refractivity contribution in [1.82, 2.24) is 0 Å². The number of rotatable bonds is 3. The Kier molecular flexibility index (Phi) is 4.13. The van der Waals surface area contributed by atoms with Crippen LogP contribution in [0.1, 0.15) is 6.92 Å². The quantitative estimate of drug-likeness (QED) is 0.902. The van der Waals surface area contributed by atoms with Crippen LogP contribution in [0.4, 0.5) is 14.9 Å². The van der Waals surface area contributed by atoms with Crippen molar-refractivity contribution in [1.29, 1.82) is 0 Å². The van der Waals surface area contributed by atoms with Gasteiger partial charge in [0.05, 0.1) is 12.3 Å². The van der Waals surface area contributed by atoms with Gasteiger partial charge in [0, 0.05) is 5.56 Å². The molecule has 0 saturated carbocycles. The maximum Gasteiger partial charge on any atom is 0.411 e. The van der Waals surface area contributed by atoms with Gasteiger partial charge in [0.25, 0.3) is 0 Å². The molecule has 2 rings (SSSR count). The van der Waals surface area contributed by atoms with Gasteiger partial charge in [-0.3, -0.25) is 5.32 Å². The van der Waals surface area contributed by atoms with Crippen molar-refractivity contribution >= 4 is 11.8 Å². The Balaban J connectivity index is 2.30. The van der Waals surface area contributed by atoms with Crippen molar-refractivity contribution in [2.75, 3.05) is 11.9 Å². The van der Waals surface area contributed by atoms with Gasteiger partial charge < -0.3 is 4.74 Å². The second-order valence-corrected chi connectivity index (χ2v) is 3.90. The molecule has 0 heterocycles. The average molecular weight is 259 g/mol. The minimum atomic E-state index is -0.503. The van der Waals surface area contributed by atoms with E-state index in [2.05, 4.69) is 5.32 Å². The molecule has 2 aromatic rings. The predicted octanol–water partition coefficient (Wildman–Crippen LogP) is 4.06. The summed E-state index contributed by atoms with van der Waals surface area (Å²) in [7, 11) is 0. The lowest BCUT2D eigenvalue weighted by Gasteiger charge is -2.11. The Morgan fingerprint density at radius 2 is 1.84 bits per heavy atom. The summed E-state index contributed by atoms with van der Waals surface area (Å²) in [5.74, 6) is -0.292. The Morgan fingerprint density at radius 3 is 2.53 bits per heavy atom. The average Bonchev–Trinajstić information content (AvgIpc) is 2.41. The third kappa shape index (κ3) is 3.31. The Bertz CT molecular complexity index is 567. The molecule has 1 amide bonds. The molecule has 0 saturated heterocycles. The highest BCUT2D eigenvalue weighted by molar-refractivity contribution is 5.91. The topological polar surface area (TPSA) is 38.3 Å². The molecule has 0 bridgehead atoms. The molecule has 0 unspecified atom stereocenters. The second-order valence-electron chi connectivity index (χ2n) is 3.90. The first-order chi connectivity index (χ1) is 9.20. The van der Waals surface area contributed by atoms with Gasteiger partial charge in [0.15, 0.2) is 0 Å². The molecule has 19 heavy (non-hydrogen) atoms. The number of benzene rings is 2. The fraction of sp³-hybridized carbons (Fsp3) is 0.133. The molecule has 1 N–H and O–H groups in total. The number of hydrogen-bond donors (Lipinski definition) is 1. The van der Waals surface area contributed by atoms with E-state index in [4.69, 9.17) is 4.74 Å². The van der Waals surface area contributed by atoms with Crippen LogP contribution in [0.15, 0.2) is 48.5 Å². The van der Waals surface area contributed by atoms with Crippen molar-refractivity contribution in [2.24, 2.45) is 0 Å². The van der Waals surface area contributed by atoms with Gasteiger partial charge in [-0.2, -0.15) is 0 Å². The second kappa shape index (κ2) is 6.00. The number of carbonyl (C=O) groups is 1. The number of ether oxygens (including phenoxy) is 1. The van der Waals surface area contributed by atoms with Crippen LogP contribution in [0.5, 0.6) is 0 Å². The lowest BCUT2D eigenvalue weighted by Crippen LogP contribution is -2.13. The molecule has 0 aliphatic carbocycles. The van der Waals surface area contributed by atoms with E-state index in [1.807, 2.05) is 18.2 Å². The molecular formula is C15H14FNO2. The Morgan fingerprint density at radius 1 is 1.16 bits per heavy atom. The minimum Gasteiger partial charge on any atom is -0.450 e. The lowest BCUT2D eigenvalue weighted by atomic mass is 10.0. The fourth-order valence-electron chi connectivity index (χ4n) is 1.75. The fourth-order valence-corrected chi connectivity index (χ4v) is 1.75. The molecule has 4 heteroatoms. The SMILES string of the molecule is CCOC(=O)Nc1ccccc1-c1ccc(F)cc1. The van der Waals surface area contributed by atoms with Crippen molar-refractivity contribution in [3.63, 3.8) is 0 Å². The molecule has 0 aromatic heterocycles. The minimum absolute atomic E-state index is 0.292. The van der Waals surface area contributed by atoms with Crippen molar-refractivity contribution in [3.8, 4) is 11.1 Å². The van der Waals surface area contributed by atoms with E-state index < -0.39 is 6.09 Å². The van der Waals surface area contributed by atoms with Gasteiger partial charge in [-0.25, -0.2) is 9.18 Å². The molecule has 0 aliphatic heterocycles.